The van der Waals surface area contributed by atoms with Crippen molar-refractivity contribution in [3.63, 3.8) is 0 Å². The average molecular weight is 401 g/mol. The maximum atomic E-state index is 12.5. The van der Waals surface area contributed by atoms with Crippen LogP contribution < -0.4 is 19.9 Å². The van der Waals surface area contributed by atoms with Crippen molar-refractivity contribution in [2.24, 2.45) is 0 Å². The zero-order chi connectivity index (χ0) is 19.7. The third-order valence-electron chi connectivity index (χ3n) is 4.68. The highest BCUT2D eigenvalue weighted by atomic mass is 32.1. The molecule has 0 bridgehead atoms. The van der Waals surface area contributed by atoms with Gasteiger partial charge >= 0.3 is 0 Å². The Kier molecular flexibility index (Phi) is 4.91. The van der Waals surface area contributed by atoms with E-state index in [2.05, 4.69) is 4.98 Å². The summed E-state index contributed by atoms with van der Waals surface area (Å²) in [6.07, 6.45) is 1.49. The number of anilines is 1. The maximum absolute atomic E-state index is 12.5. The van der Waals surface area contributed by atoms with Gasteiger partial charge in [0.2, 0.25) is 0 Å². The van der Waals surface area contributed by atoms with Gasteiger partial charge in [-0.25, -0.2) is 0 Å². The van der Waals surface area contributed by atoms with Gasteiger partial charge in [0.05, 0.1) is 25.9 Å². The van der Waals surface area contributed by atoms with Gasteiger partial charge in [0.15, 0.2) is 22.4 Å². The van der Waals surface area contributed by atoms with Crippen LogP contribution in [0.4, 0.5) is 5.13 Å². The molecule has 1 aliphatic heterocycles. The molecule has 0 N–H and O–H groups in total. The summed E-state index contributed by atoms with van der Waals surface area (Å²) in [7, 11) is 3.09. The molecule has 8 nitrogen and oxygen atoms in total. The minimum absolute atomic E-state index is 0.124. The minimum Gasteiger partial charge on any atom is -0.493 e. The highest BCUT2D eigenvalue weighted by Crippen LogP contribution is 2.34. The second-order valence-corrected chi connectivity index (χ2v) is 7.27. The number of furan rings is 1. The van der Waals surface area contributed by atoms with Crippen molar-refractivity contribution in [2.45, 2.75) is 0 Å². The molecule has 9 heteroatoms. The molecule has 4 rings (SSSR count). The van der Waals surface area contributed by atoms with E-state index in [0.717, 1.165) is 4.70 Å². The van der Waals surface area contributed by atoms with Crippen molar-refractivity contribution in [3.05, 3.63) is 46.6 Å². The highest BCUT2D eigenvalue weighted by Gasteiger charge is 2.25. The van der Waals surface area contributed by atoms with Crippen LogP contribution in [0.5, 0.6) is 11.5 Å². The lowest BCUT2D eigenvalue weighted by molar-refractivity contribution is 0.0714. The number of fused-ring (bicyclic) bond motifs is 1. The quantitative estimate of drug-likeness (QED) is 0.663. The van der Waals surface area contributed by atoms with E-state index in [1.165, 1.54) is 24.7 Å². The summed E-state index contributed by atoms with van der Waals surface area (Å²) in [4.78, 5) is 32.9. The van der Waals surface area contributed by atoms with Gasteiger partial charge in [-0.1, -0.05) is 11.3 Å². The Labute approximate surface area is 164 Å². The van der Waals surface area contributed by atoms with Crippen LogP contribution in [0.3, 0.4) is 0 Å². The molecule has 3 aromatic rings. The molecular weight excluding hydrogens is 382 g/mol. The summed E-state index contributed by atoms with van der Waals surface area (Å²) < 4.78 is 16.6. The number of piperazine rings is 1. The normalized spacial score (nSPS) is 14.4. The first-order valence-corrected chi connectivity index (χ1v) is 9.57. The third kappa shape index (κ3) is 3.29. The average Bonchev–Trinajstić information content (AvgIpc) is 3.27. The van der Waals surface area contributed by atoms with Crippen molar-refractivity contribution in [2.75, 3.05) is 45.3 Å². The second-order valence-electron chi connectivity index (χ2n) is 6.26. The van der Waals surface area contributed by atoms with Gasteiger partial charge in [-0.05, 0) is 18.2 Å². The van der Waals surface area contributed by atoms with Crippen molar-refractivity contribution < 1.29 is 18.7 Å². The van der Waals surface area contributed by atoms with Gasteiger partial charge in [0.25, 0.3) is 11.5 Å². The van der Waals surface area contributed by atoms with E-state index < -0.39 is 0 Å². The Hall–Kier alpha value is -3.07. The highest BCUT2D eigenvalue weighted by molar-refractivity contribution is 7.21. The molecule has 2 aromatic heterocycles. The summed E-state index contributed by atoms with van der Waals surface area (Å²) in [6.45, 7) is 2.25. The molecule has 1 amide bonds. The molecule has 3 heterocycles. The van der Waals surface area contributed by atoms with E-state index in [-0.39, 0.29) is 11.5 Å². The molecule has 1 fully saturated rings. The van der Waals surface area contributed by atoms with Crippen LogP contribution in [0.2, 0.25) is 0 Å². The van der Waals surface area contributed by atoms with Crippen LogP contribution in [-0.2, 0) is 0 Å². The molecule has 146 valence electrons. The number of ether oxygens (including phenoxy) is 2. The van der Waals surface area contributed by atoms with Gasteiger partial charge in [-0.15, -0.1) is 0 Å². The molecule has 0 atom stereocenters. The molecule has 0 spiro atoms. The first-order valence-electron chi connectivity index (χ1n) is 8.75. The first kappa shape index (κ1) is 18.3. The Morgan fingerprint density at radius 3 is 2.50 bits per heavy atom. The van der Waals surface area contributed by atoms with Crippen LogP contribution in [0.1, 0.15) is 10.6 Å². The van der Waals surface area contributed by atoms with E-state index in [1.807, 2.05) is 4.90 Å². The van der Waals surface area contributed by atoms with E-state index in [9.17, 15) is 9.59 Å². The van der Waals surface area contributed by atoms with E-state index in [4.69, 9.17) is 13.9 Å². The fraction of sp³-hybridized carbons (Fsp3) is 0.316. The number of methoxy groups -OCH3 is 2. The lowest BCUT2D eigenvalue weighted by Gasteiger charge is -2.34. The van der Waals surface area contributed by atoms with E-state index >= 15 is 0 Å². The number of hydrogen-bond acceptors (Lipinski definition) is 8. The fourth-order valence-corrected chi connectivity index (χ4v) is 4.23. The number of aromatic nitrogens is 1. The second kappa shape index (κ2) is 7.51. The number of nitrogens with zero attached hydrogens (tertiary/aromatic N) is 3. The fourth-order valence-electron chi connectivity index (χ4n) is 3.17. The predicted molar refractivity (Wildman–Crippen MR) is 106 cm³/mol. The van der Waals surface area contributed by atoms with Gasteiger partial charge in [0, 0.05) is 36.9 Å². The first-order chi connectivity index (χ1) is 13.6. The van der Waals surface area contributed by atoms with Crippen LogP contribution in [0.15, 0.2) is 39.7 Å². The van der Waals surface area contributed by atoms with Gasteiger partial charge in [-0.2, -0.15) is 4.98 Å². The molecule has 1 saturated heterocycles. The van der Waals surface area contributed by atoms with Crippen molar-refractivity contribution in [1.29, 1.82) is 0 Å². The summed E-state index contributed by atoms with van der Waals surface area (Å²) in [5.41, 5.74) is -0.307. The molecule has 28 heavy (non-hydrogen) atoms. The van der Waals surface area contributed by atoms with Gasteiger partial charge in [-0.3, -0.25) is 9.59 Å². The number of carbonyl (C=O) groups excluding carboxylic acids is 1. The summed E-state index contributed by atoms with van der Waals surface area (Å²) in [5.74, 6) is 1.28. The number of carbonyl (C=O) groups is 1. The Bertz CT molecular complexity index is 1060. The Balaban J connectivity index is 1.57. The number of amides is 1. The lowest BCUT2D eigenvalue weighted by Crippen LogP contribution is -2.49. The molecule has 0 unspecified atom stereocenters. The zero-order valence-electron chi connectivity index (χ0n) is 15.5. The van der Waals surface area contributed by atoms with E-state index in [1.54, 1.807) is 36.3 Å². The number of rotatable bonds is 4. The Morgan fingerprint density at radius 2 is 1.86 bits per heavy atom. The number of benzene rings is 1. The van der Waals surface area contributed by atoms with E-state index in [0.29, 0.717) is 54.0 Å². The van der Waals surface area contributed by atoms with Gasteiger partial charge in [0.1, 0.15) is 0 Å². The number of hydrogen-bond donors (Lipinski definition) is 0. The minimum atomic E-state index is -0.307. The molecule has 0 aliphatic carbocycles. The van der Waals surface area contributed by atoms with Crippen LogP contribution in [0.25, 0.3) is 10.1 Å². The van der Waals surface area contributed by atoms with Crippen LogP contribution in [-0.4, -0.2) is 56.2 Å². The van der Waals surface area contributed by atoms with Crippen molar-refractivity contribution in [3.8, 4) is 11.5 Å². The molecule has 1 aliphatic rings. The SMILES string of the molecule is COc1cc2sc(N3CCN(C(=O)c4ccco4)CC3)nc(=O)c2cc1OC. The van der Waals surface area contributed by atoms with Crippen LogP contribution in [0, 0.1) is 0 Å². The lowest BCUT2D eigenvalue weighted by atomic mass is 10.2. The summed E-state index contributed by atoms with van der Waals surface area (Å²) in [5, 5.41) is 1.13. The largest absolute Gasteiger partial charge is 0.493 e. The van der Waals surface area contributed by atoms with Crippen LogP contribution >= 0.6 is 11.3 Å². The summed E-state index contributed by atoms with van der Waals surface area (Å²) in [6, 6.07) is 6.81. The predicted octanol–water partition coefficient (Wildman–Crippen LogP) is 2.23. The molecular formula is C19H19N3O5S. The topological polar surface area (TPSA) is 85.1 Å². The zero-order valence-corrected chi connectivity index (χ0v) is 16.3. The standard InChI is InChI=1S/C19H19N3O5S/c1-25-14-10-12-16(11-15(14)26-2)28-19(20-17(12)23)22-7-5-21(6-8-22)18(24)13-4-3-9-27-13/h3-4,9-11H,5-8H2,1-2H3. The monoisotopic (exact) mass is 401 g/mol. The van der Waals surface area contributed by atoms with Crippen molar-refractivity contribution >= 4 is 32.5 Å². The van der Waals surface area contributed by atoms with Crippen molar-refractivity contribution in [1.82, 2.24) is 9.88 Å². The smallest absolute Gasteiger partial charge is 0.289 e. The molecule has 0 saturated carbocycles. The molecule has 1 aromatic carbocycles. The molecule has 0 radical (unpaired) electrons. The summed E-state index contributed by atoms with van der Waals surface area (Å²) >= 11 is 1.42. The maximum Gasteiger partial charge on any atom is 0.289 e. The van der Waals surface area contributed by atoms with Gasteiger partial charge < -0.3 is 23.7 Å². The third-order valence-corrected chi connectivity index (χ3v) is 5.77. The Morgan fingerprint density at radius 1 is 1.14 bits per heavy atom.